The molecule has 0 fully saturated rings. The van der Waals surface area contributed by atoms with Gasteiger partial charge in [0, 0.05) is 47.5 Å². The zero-order chi connectivity index (χ0) is 21.7. The average molecular weight is 428 g/mol. The molecular formula is C21H20N2O6S. The zero-order valence-corrected chi connectivity index (χ0v) is 17.2. The number of esters is 1. The Hall–Kier alpha value is -3.46. The van der Waals surface area contributed by atoms with Crippen LogP contribution in [0.15, 0.2) is 51.0 Å². The number of rotatable bonds is 7. The van der Waals surface area contributed by atoms with Crippen molar-refractivity contribution in [1.29, 1.82) is 0 Å². The van der Waals surface area contributed by atoms with Crippen LogP contribution in [0.25, 0.3) is 11.0 Å². The highest BCUT2D eigenvalue weighted by Crippen LogP contribution is 2.24. The summed E-state index contributed by atoms with van der Waals surface area (Å²) >= 11 is 1.43. The maximum Gasteiger partial charge on any atom is 0.336 e. The van der Waals surface area contributed by atoms with Crippen LogP contribution in [0.1, 0.15) is 36.8 Å². The molecule has 1 atom stereocenters. The van der Waals surface area contributed by atoms with Crippen LogP contribution in [0.5, 0.6) is 0 Å². The van der Waals surface area contributed by atoms with Gasteiger partial charge < -0.3 is 19.8 Å². The van der Waals surface area contributed by atoms with E-state index >= 15 is 0 Å². The number of hydrogen-bond acceptors (Lipinski definition) is 7. The molecule has 0 bridgehead atoms. The van der Waals surface area contributed by atoms with E-state index in [0.29, 0.717) is 16.6 Å². The van der Waals surface area contributed by atoms with Gasteiger partial charge in [0.15, 0.2) is 0 Å². The summed E-state index contributed by atoms with van der Waals surface area (Å²) < 4.78 is 10.6. The van der Waals surface area contributed by atoms with Gasteiger partial charge in [0.25, 0.3) is 0 Å². The first-order valence-corrected chi connectivity index (χ1v) is 10.0. The van der Waals surface area contributed by atoms with Gasteiger partial charge in [-0.05, 0) is 23.6 Å². The van der Waals surface area contributed by atoms with E-state index in [-0.39, 0.29) is 30.4 Å². The number of ether oxygens (including phenoxy) is 1. The molecule has 0 radical (unpaired) electrons. The number of amides is 2. The molecule has 2 aromatic heterocycles. The molecule has 2 heterocycles. The average Bonchev–Trinajstić information content (AvgIpc) is 3.19. The molecule has 0 spiro atoms. The van der Waals surface area contributed by atoms with Crippen LogP contribution in [-0.4, -0.2) is 17.8 Å². The number of fused-ring (bicyclic) bond motifs is 1. The van der Waals surface area contributed by atoms with Crippen molar-refractivity contribution < 1.29 is 23.5 Å². The van der Waals surface area contributed by atoms with Crippen molar-refractivity contribution in [2.45, 2.75) is 32.9 Å². The van der Waals surface area contributed by atoms with Crippen LogP contribution < -0.4 is 16.3 Å². The van der Waals surface area contributed by atoms with Crippen LogP contribution >= 0.6 is 11.3 Å². The quantitative estimate of drug-likeness (QED) is 0.441. The van der Waals surface area contributed by atoms with E-state index in [1.807, 2.05) is 17.5 Å². The van der Waals surface area contributed by atoms with Gasteiger partial charge in [-0.25, -0.2) is 4.79 Å². The number of thiophene rings is 1. The second-order valence-corrected chi connectivity index (χ2v) is 7.60. The lowest BCUT2D eigenvalue weighted by Gasteiger charge is -2.16. The number of benzene rings is 1. The van der Waals surface area contributed by atoms with Crippen molar-refractivity contribution in [3.8, 4) is 0 Å². The lowest BCUT2D eigenvalue weighted by molar-refractivity contribution is -0.145. The summed E-state index contributed by atoms with van der Waals surface area (Å²) in [6, 6.07) is 9.33. The predicted octanol–water partition coefficient (Wildman–Crippen LogP) is 3.12. The fourth-order valence-corrected chi connectivity index (χ4v) is 3.75. The van der Waals surface area contributed by atoms with E-state index in [1.54, 1.807) is 12.1 Å². The fourth-order valence-electron chi connectivity index (χ4n) is 2.97. The molecule has 0 aliphatic heterocycles. The van der Waals surface area contributed by atoms with Gasteiger partial charge in [0.1, 0.15) is 12.2 Å². The van der Waals surface area contributed by atoms with Gasteiger partial charge in [0.2, 0.25) is 11.8 Å². The molecule has 3 aromatic rings. The molecule has 156 valence electrons. The Morgan fingerprint density at radius 3 is 2.60 bits per heavy atom. The summed E-state index contributed by atoms with van der Waals surface area (Å²) in [6.07, 6.45) is -0.0356. The van der Waals surface area contributed by atoms with Crippen molar-refractivity contribution in [1.82, 2.24) is 5.32 Å². The van der Waals surface area contributed by atoms with E-state index in [1.165, 1.54) is 37.3 Å². The molecule has 0 saturated carbocycles. The number of hydrogen-bond donors (Lipinski definition) is 2. The Balaban J connectivity index is 1.74. The predicted molar refractivity (Wildman–Crippen MR) is 112 cm³/mol. The summed E-state index contributed by atoms with van der Waals surface area (Å²) in [7, 11) is 0. The minimum atomic E-state index is -0.594. The van der Waals surface area contributed by atoms with Crippen LogP contribution in [0.3, 0.4) is 0 Å². The van der Waals surface area contributed by atoms with Crippen molar-refractivity contribution in [3.05, 3.63) is 62.6 Å². The van der Waals surface area contributed by atoms with Crippen LogP contribution in [0.2, 0.25) is 0 Å². The molecule has 0 unspecified atom stereocenters. The fraction of sp³-hybridized carbons (Fsp3) is 0.238. The number of carbonyl (C=O) groups excluding carboxylic acids is 3. The highest BCUT2D eigenvalue weighted by molar-refractivity contribution is 7.10. The molecule has 3 rings (SSSR count). The highest BCUT2D eigenvalue weighted by Gasteiger charge is 2.19. The molecule has 0 saturated heterocycles. The SMILES string of the molecule is CC(=O)Nc1ccc2c(COC(=O)C[C@@H](NC(C)=O)c3cccs3)cc(=O)oc2c1. The number of carbonyl (C=O) groups is 3. The molecule has 0 aliphatic carbocycles. The van der Waals surface area contributed by atoms with Gasteiger partial charge >= 0.3 is 11.6 Å². The Morgan fingerprint density at radius 2 is 1.93 bits per heavy atom. The summed E-state index contributed by atoms with van der Waals surface area (Å²) in [4.78, 5) is 47.8. The van der Waals surface area contributed by atoms with Gasteiger partial charge in [-0.3, -0.25) is 14.4 Å². The van der Waals surface area contributed by atoms with E-state index in [4.69, 9.17) is 9.15 Å². The molecule has 1 aromatic carbocycles. The topological polar surface area (TPSA) is 115 Å². The molecule has 9 heteroatoms. The van der Waals surface area contributed by atoms with Crippen LogP contribution in [0.4, 0.5) is 5.69 Å². The van der Waals surface area contributed by atoms with E-state index < -0.39 is 17.6 Å². The zero-order valence-electron chi connectivity index (χ0n) is 16.4. The minimum absolute atomic E-state index is 0.0356. The summed E-state index contributed by atoms with van der Waals surface area (Å²) in [5.41, 5.74) is 0.648. The molecule has 30 heavy (non-hydrogen) atoms. The first-order chi connectivity index (χ1) is 14.3. The van der Waals surface area contributed by atoms with Gasteiger partial charge in [-0.15, -0.1) is 11.3 Å². The highest BCUT2D eigenvalue weighted by atomic mass is 32.1. The second kappa shape index (κ2) is 9.36. The smallest absolute Gasteiger partial charge is 0.336 e. The Bertz CT molecular complexity index is 1140. The first-order valence-electron chi connectivity index (χ1n) is 9.12. The maximum atomic E-state index is 12.4. The molecular weight excluding hydrogens is 408 g/mol. The maximum absolute atomic E-state index is 12.4. The first kappa shape index (κ1) is 21.3. The summed E-state index contributed by atoms with van der Waals surface area (Å²) in [5.74, 6) is -1.01. The Kier molecular flexibility index (Phi) is 6.63. The van der Waals surface area contributed by atoms with Crippen molar-refractivity contribution in [2.75, 3.05) is 5.32 Å². The number of anilines is 1. The third-order valence-electron chi connectivity index (χ3n) is 4.17. The van der Waals surface area contributed by atoms with E-state index in [0.717, 1.165) is 4.88 Å². The molecule has 8 nitrogen and oxygen atoms in total. The van der Waals surface area contributed by atoms with Gasteiger partial charge in [0.05, 0.1) is 12.5 Å². The second-order valence-electron chi connectivity index (χ2n) is 6.62. The lowest BCUT2D eigenvalue weighted by atomic mass is 10.1. The van der Waals surface area contributed by atoms with Crippen molar-refractivity contribution >= 4 is 45.8 Å². The molecule has 2 N–H and O–H groups in total. The van der Waals surface area contributed by atoms with E-state index in [9.17, 15) is 19.2 Å². The summed E-state index contributed by atoms with van der Waals surface area (Å²) in [5, 5.41) is 7.81. The molecule has 2 amide bonds. The van der Waals surface area contributed by atoms with Crippen LogP contribution in [-0.2, 0) is 25.7 Å². The largest absolute Gasteiger partial charge is 0.461 e. The number of nitrogens with one attached hydrogen (secondary N) is 2. The minimum Gasteiger partial charge on any atom is -0.461 e. The summed E-state index contributed by atoms with van der Waals surface area (Å²) in [6.45, 7) is 2.63. The lowest BCUT2D eigenvalue weighted by Crippen LogP contribution is -2.28. The van der Waals surface area contributed by atoms with Gasteiger partial charge in [-0.2, -0.15) is 0 Å². The Labute approximate surface area is 175 Å². The third kappa shape index (κ3) is 5.54. The van der Waals surface area contributed by atoms with Crippen molar-refractivity contribution in [2.24, 2.45) is 0 Å². The third-order valence-corrected chi connectivity index (χ3v) is 5.16. The van der Waals surface area contributed by atoms with Crippen LogP contribution in [0, 0.1) is 0 Å². The standard InChI is InChI=1S/C21H20N2O6S/c1-12(24)22-15-5-6-16-14(8-21(27)29-18(16)9-15)11-28-20(26)10-17(23-13(2)25)19-4-3-7-30-19/h3-9,17H,10-11H2,1-2H3,(H,22,24)(H,23,25)/t17-/m1/s1. The normalized spacial score (nSPS) is 11.7. The van der Waals surface area contributed by atoms with Crippen molar-refractivity contribution in [3.63, 3.8) is 0 Å². The van der Waals surface area contributed by atoms with Gasteiger partial charge in [-0.1, -0.05) is 6.07 Å². The Morgan fingerprint density at radius 1 is 1.13 bits per heavy atom. The van der Waals surface area contributed by atoms with E-state index in [2.05, 4.69) is 10.6 Å². The monoisotopic (exact) mass is 428 g/mol. The molecule has 0 aliphatic rings.